The molecule has 0 aliphatic heterocycles. The molecule has 0 aliphatic rings. The number of aromatic hydroxyl groups is 1. The van der Waals surface area contributed by atoms with Crippen LogP contribution in [0.2, 0.25) is 0 Å². The Hall–Kier alpha value is -2.93. The van der Waals surface area contributed by atoms with Crippen molar-refractivity contribution >= 4 is 5.82 Å². The van der Waals surface area contributed by atoms with Gasteiger partial charge in [-0.2, -0.15) is 0 Å². The second-order valence-electron chi connectivity index (χ2n) is 8.36. The molecular formula is C24H34N6O. The van der Waals surface area contributed by atoms with E-state index in [1.54, 1.807) is 18.2 Å². The maximum atomic E-state index is 10.1. The summed E-state index contributed by atoms with van der Waals surface area (Å²) in [5, 5.41) is 18.4. The van der Waals surface area contributed by atoms with E-state index in [2.05, 4.69) is 52.5 Å². The van der Waals surface area contributed by atoms with E-state index >= 15 is 0 Å². The first-order valence-corrected chi connectivity index (χ1v) is 11.1. The zero-order valence-corrected chi connectivity index (χ0v) is 19.0. The summed E-state index contributed by atoms with van der Waals surface area (Å²) in [4.78, 5) is 7.01. The van der Waals surface area contributed by atoms with Crippen LogP contribution in [0.4, 0.5) is 5.82 Å². The van der Waals surface area contributed by atoms with Crippen LogP contribution in [0.3, 0.4) is 0 Å². The summed E-state index contributed by atoms with van der Waals surface area (Å²) in [5.41, 5.74) is 8.74. The van der Waals surface area contributed by atoms with Crippen molar-refractivity contribution in [1.82, 2.24) is 24.6 Å². The Balaban J connectivity index is 1.72. The Morgan fingerprint density at radius 1 is 1.10 bits per heavy atom. The van der Waals surface area contributed by atoms with Gasteiger partial charge in [0.15, 0.2) is 5.82 Å². The molecule has 2 heterocycles. The van der Waals surface area contributed by atoms with Gasteiger partial charge in [0.1, 0.15) is 5.75 Å². The fourth-order valence-corrected chi connectivity index (χ4v) is 3.62. The first-order valence-electron chi connectivity index (χ1n) is 11.1. The number of imidazole rings is 1. The topological polar surface area (TPSA) is 93.1 Å². The lowest BCUT2D eigenvalue weighted by Gasteiger charge is -2.26. The highest BCUT2D eigenvalue weighted by Gasteiger charge is 2.15. The van der Waals surface area contributed by atoms with Crippen molar-refractivity contribution in [2.75, 3.05) is 19.3 Å². The maximum absolute atomic E-state index is 10.1. The van der Waals surface area contributed by atoms with Gasteiger partial charge in [-0.3, -0.25) is 0 Å². The largest absolute Gasteiger partial charge is 0.507 e. The van der Waals surface area contributed by atoms with E-state index in [0.29, 0.717) is 34.7 Å². The standard InChI is InChI=1S/C24H34N6O/c1-5-6-9-17(2)29(4)13-12-18(3)30-15-22(26-16-30)20-14-21(27-28-24(20)25)19-10-7-8-11-23(19)31/h7-8,10-11,14-18,31H,5-6,9,12-13H2,1-4H3,(H2,25,28). The number of nitrogen functional groups attached to an aromatic ring is 1. The van der Waals surface area contributed by atoms with Gasteiger partial charge in [0.2, 0.25) is 0 Å². The van der Waals surface area contributed by atoms with Gasteiger partial charge in [0, 0.05) is 36.0 Å². The van der Waals surface area contributed by atoms with Gasteiger partial charge in [0.25, 0.3) is 0 Å². The van der Waals surface area contributed by atoms with Crippen molar-refractivity contribution in [1.29, 1.82) is 0 Å². The molecule has 3 N–H and O–H groups in total. The minimum absolute atomic E-state index is 0.156. The Morgan fingerprint density at radius 3 is 2.61 bits per heavy atom. The molecule has 2 unspecified atom stereocenters. The molecule has 0 spiro atoms. The highest BCUT2D eigenvalue weighted by Crippen LogP contribution is 2.31. The number of hydrogen-bond acceptors (Lipinski definition) is 6. The molecule has 0 fully saturated rings. The molecule has 3 aromatic rings. The minimum atomic E-state index is 0.156. The number of hydrogen-bond donors (Lipinski definition) is 2. The summed E-state index contributed by atoms with van der Waals surface area (Å²) in [6.45, 7) is 7.78. The predicted octanol–water partition coefficient (Wildman–Crippen LogP) is 4.76. The monoisotopic (exact) mass is 422 g/mol. The summed E-state index contributed by atoms with van der Waals surface area (Å²) in [7, 11) is 2.20. The number of rotatable bonds is 10. The predicted molar refractivity (Wildman–Crippen MR) is 126 cm³/mol. The lowest BCUT2D eigenvalue weighted by molar-refractivity contribution is 0.227. The lowest BCUT2D eigenvalue weighted by atomic mass is 10.1. The Labute approximate surface area is 185 Å². The van der Waals surface area contributed by atoms with Crippen LogP contribution >= 0.6 is 0 Å². The number of anilines is 1. The maximum Gasteiger partial charge on any atom is 0.155 e. The molecule has 1 aromatic carbocycles. The van der Waals surface area contributed by atoms with E-state index in [1.807, 2.05) is 24.7 Å². The van der Waals surface area contributed by atoms with Crippen molar-refractivity contribution in [2.24, 2.45) is 0 Å². The van der Waals surface area contributed by atoms with Gasteiger partial charge in [-0.25, -0.2) is 4.98 Å². The van der Waals surface area contributed by atoms with E-state index in [4.69, 9.17) is 5.73 Å². The summed E-state index contributed by atoms with van der Waals surface area (Å²) in [5.74, 6) is 0.477. The highest BCUT2D eigenvalue weighted by atomic mass is 16.3. The van der Waals surface area contributed by atoms with E-state index < -0.39 is 0 Å². The van der Waals surface area contributed by atoms with Crippen LogP contribution in [0, 0.1) is 0 Å². The number of phenolic OH excluding ortho intramolecular Hbond substituents is 1. The summed E-state index contributed by atoms with van der Waals surface area (Å²) in [6.07, 6.45) is 8.65. The lowest BCUT2D eigenvalue weighted by Crippen LogP contribution is -2.31. The molecule has 0 saturated heterocycles. The van der Waals surface area contributed by atoms with E-state index in [-0.39, 0.29) is 5.75 Å². The molecule has 0 bridgehead atoms. The normalized spacial score (nSPS) is 13.5. The minimum Gasteiger partial charge on any atom is -0.507 e. The molecule has 0 radical (unpaired) electrons. The Bertz CT molecular complexity index is 986. The van der Waals surface area contributed by atoms with Gasteiger partial charge >= 0.3 is 0 Å². The van der Waals surface area contributed by atoms with E-state index in [0.717, 1.165) is 18.7 Å². The van der Waals surface area contributed by atoms with Crippen molar-refractivity contribution in [3.63, 3.8) is 0 Å². The molecule has 7 heteroatoms. The second kappa shape index (κ2) is 10.4. The zero-order valence-electron chi connectivity index (χ0n) is 19.0. The number of para-hydroxylation sites is 1. The molecule has 0 aliphatic carbocycles. The first-order chi connectivity index (χ1) is 14.9. The van der Waals surface area contributed by atoms with Crippen LogP contribution in [0.15, 0.2) is 42.9 Å². The van der Waals surface area contributed by atoms with Gasteiger partial charge in [-0.1, -0.05) is 31.9 Å². The number of nitrogens with zero attached hydrogens (tertiary/aromatic N) is 5. The molecule has 31 heavy (non-hydrogen) atoms. The van der Waals surface area contributed by atoms with E-state index in [9.17, 15) is 5.11 Å². The number of nitrogens with two attached hydrogens (primary N) is 1. The fourth-order valence-electron chi connectivity index (χ4n) is 3.62. The van der Waals surface area contributed by atoms with Crippen molar-refractivity contribution in [2.45, 2.75) is 58.5 Å². The zero-order chi connectivity index (χ0) is 22.4. The average molecular weight is 423 g/mol. The summed E-state index contributed by atoms with van der Waals surface area (Å²) < 4.78 is 2.12. The molecule has 166 valence electrons. The number of aromatic nitrogens is 4. The van der Waals surface area contributed by atoms with Crippen LogP contribution in [0.25, 0.3) is 22.5 Å². The van der Waals surface area contributed by atoms with Crippen molar-refractivity contribution in [3.8, 4) is 28.3 Å². The number of phenols is 1. The SMILES string of the molecule is CCCCC(C)N(C)CCC(C)n1cnc(-c2cc(-c3ccccc3O)nnc2N)c1. The first kappa shape index (κ1) is 22.7. The highest BCUT2D eigenvalue weighted by molar-refractivity contribution is 5.76. The molecule has 7 nitrogen and oxygen atoms in total. The smallest absolute Gasteiger partial charge is 0.155 e. The van der Waals surface area contributed by atoms with Crippen LogP contribution < -0.4 is 5.73 Å². The van der Waals surface area contributed by atoms with Gasteiger partial charge in [-0.05, 0) is 51.9 Å². The van der Waals surface area contributed by atoms with Crippen LogP contribution in [-0.2, 0) is 0 Å². The van der Waals surface area contributed by atoms with Crippen LogP contribution in [0.5, 0.6) is 5.75 Å². The second-order valence-corrected chi connectivity index (χ2v) is 8.36. The van der Waals surface area contributed by atoms with Crippen LogP contribution in [-0.4, -0.2) is 49.4 Å². The van der Waals surface area contributed by atoms with Crippen molar-refractivity contribution < 1.29 is 5.11 Å². The van der Waals surface area contributed by atoms with Gasteiger partial charge in [-0.15, -0.1) is 10.2 Å². The Morgan fingerprint density at radius 2 is 1.87 bits per heavy atom. The van der Waals surface area contributed by atoms with E-state index in [1.165, 1.54) is 19.3 Å². The molecule has 3 rings (SSSR count). The third kappa shape index (κ3) is 5.61. The Kier molecular flexibility index (Phi) is 7.63. The van der Waals surface area contributed by atoms with Gasteiger partial charge < -0.3 is 20.3 Å². The third-order valence-electron chi connectivity index (χ3n) is 6.02. The molecule has 2 aromatic heterocycles. The molecule has 0 saturated carbocycles. The van der Waals surface area contributed by atoms with Crippen molar-refractivity contribution in [3.05, 3.63) is 42.9 Å². The third-order valence-corrected chi connectivity index (χ3v) is 6.02. The summed E-state index contributed by atoms with van der Waals surface area (Å²) in [6, 6.07) is 9.80. The average Bonchev–Trinajstić information content (AvgIpc) is 3.26. The summed E-state index contributed by atoms with van der Waals surface area (Å²) >= 11 is 0. The molecule has 2 atom stereocenters. The molecular weight excluding hydrogens is 388 g/mol. The number of unbranched alkanes of at least 4 members (excludes halogenated alkanes) is 1. The van der Waals surface area contributed by atoms with Crippen LogP contribution in [0.1, 0.15) is 52.5 Å². The van der Waals surface area contributed by atoms with Gasteiger partial charge in [0.05, 0.1) is 17.7 Å². The number of benzene rings is 1. The molecule has 0 amide bonds. The fraction of sp³-hybridized carbons (Fsp3) is 0.458. The quantitative estimate of drug-likeness (QED) is 0.489.